The molecule has 27 heavy (non-hydrogen) atoms. The molecule has 1 aromatic rings. The molecule has 2 fully saturated rings. The van der Waals surface area contributed by atoms with E-state index in [-0.39, 0.29) is 35.9 Å². The fraction of sp³-hybridized carbons (Fsp3) is 0.353. The molecule has 2 aliphatic heterocycles. The van der Waals surface area contributed by atoms with Crippen molar-refractivity contribution in [3.8, 4) is 0 Å². The zero-order chi connectivity index (χ0) is 19.8. The van der Waals surface area contributed by atoms with Crippen molar-refractivity contribution >= 4 is 67.6 Å². The number of rotatable bonds is 4. The van der Waals surface area contributed by atoms with E-state index in [9.17, 15) is 18.0 Å². The Morgan fingerprint density at radius 1 is 1.44 bits per heavy atom. The molecule has 10 heteroatoms. The van der Waals surface area contributed by atoms with E-state index in [4.69, 9.17) is 23.8 Å². The summed E-state index contributed by atoms with van der Waals surface area (Å²) in [4.78, 5) is 28.2. The van der Waals surface area contributed by atoms with E-state index >= 15 is 0 Å². The van der Waals surface area contributed by atoms with Crippen molar-refractivity contribution in [3.63, 3.8) is 0 Å². The summed E-state index contributed by atoms with van der Waals surface area (Å²) in [6.07, 6.45) is 2.06. The molecule has 2 heterocycles. The molecule has 2 amide bonds. The molecule has 0 bridgehead atoms. The van der Waals surface area contributed by atoms with Gasteiger partial charge in [0.1, 0.15) is 10.9 Å². The number of nitrogens with zero attached hydrogens (tertiary/aromatic N) is 2. The van der Waals surface area contributed by atoms with E-state index in [2.05, 4.69) is 0 Å². The lowest BCUT2D eigenvalue weighted by atomic mass is 10.2. The summed E-state index contributed by atoms with van der Waals surface area (Å²) in [5.41, 5.74) is 0.694. The minimum absolute atomic E-state index is 0.0416. The van der Waals surface area contributed by atoms with E-state index in [1.54, 1.807) is 31.3 Å². The number of carbonyl (C=O) groups is 2. The van der Waals surface area contributed by atoms with Crippen LogP contribution >= 0.6 is 35.6 Å². The molecule has 1 unspecified atom stereocenters. The normalized spacial score (nSPS) is 23.3. The Bertz CT molecular complexity index is 945. The van der Waals surface area contributed by atoms with Gasteiger partial charge in [-0.05, 0) is 24.1 Å². The van der Waals surface area contributed by atoms with Crippen molar-refractivity contribution in [3.05, 3.63) is 39.8 Å². The Kier molecular flexibility index (Phi) is 5.95. The number of amides is 2. The molecule has 0 N–H and O–H groups in total. The average molecular weight is 445 g/mol. The molecule has 2 aliphatic rings. The van der Waals surface area contributed by atoms with Crippen LogP contribution in [-0.4, -0.2) is 65.5 Å². The number of halogens is 1. The number of thiocarbonyl (C=S) groups is 1. The molecule has 2 saturated heterocycles. The number of benzene rings is 1. The number of carbonyl (C=O) groups excluding carboxylic acids is 2. The topological polar surface area (TPSA) is 74.8 Å². The maximum absolute atomic E-state index is 12.7. The van der Waals surface area contributed by atoms with Crippen LogP contribution in [0.5, 0.6) is 0 Å². The maximum atomic E-state index is 12.7. The molecule has 144 valence electrons. The van der Waals surface area contributed by atoms with Gasteiger partial charge >= 0.3 is 0 Å². The predicted molar refractivity (Wildman–Crippen MR) is 111 cm³/mol. The van der Waals surface area contributed by atoms with Gasteiger partial charge in [0.25, 0.3) is 5.91 Å². The number of hydrogen-bond donors (Lipinski definition) is 0. The van der Waals surface area contributed by atoms with Gasteiger partial charge in [0.2, 0.25) is 5.91 Å². The Balaban J connectivity index is 1.70. The summed E-state index contributed by atoms with van der Waals surface area (Å²) in [6.45, 7) is -0.211. The van der Waals surface area contributed by atoms with Crippen LogP contribution in [0.3, 0.4) is 0 Å². The summed E-state index contributed by atoms with van der Waals surface area (Å²) >= 11 is 12.5. The first kappa shape index (κ1) is 20.3. The average Bonchev–Trinajstić information content (AvgIpc) is 3.10. The lowest BCUT2D eigenvalue weighted by Crippen LogP contribution is -2.45. The van der Waals surface area contributed by atoms with Crippen LogP contribution < -0.4 is 0 Å². The quantitative estimate of drug-likeness (QED) is 0.523. The Labute approximate surface area is 172 Å². The number of likely N-dealkylation sites (N-methyl/N-ethyl adjacent to an activating group) is 1. The van der Waals surface area contributed by atoms with E-state index in [1.807, 2.05) is 6.07 Å². The first-order valence-electron chi connectivity index (χ1n) is 8.14. The molecule has 1 aromatic carbocycles. The molecule has 3 rings (SSSR count). The second kappa shape index (κ2) is 7.90. The van der Waals surface area contributed by atoms with E-state index in [1.165, 1.54) is 9.80 Å². The number of hydrogen-bond acceptors (Lipinski definition) is 6. The highest BCUT2D eigenvalue weighted by Crippen LogP contribution is 2.33. The lowest BCUT2D eigenvalue weighted by molar-refractivity contribution is -0.135. The van der Waals surface area contributed by atoms with Gasteiger partial charge in [-0.15, -0.1) is 0 Å². The van der Waals surface area contributed by atoms with Crippen LogP contribution in [-0.2, 0) is 19.4 Å². The fourth-order valence-corrected chi connectivity index (χ4v) is 6.11. The van der Waals surface area contributed by atoms with E-state index < -0.39 is 9.84 Å². The van der Waals surface area contributed by atoms with Crippen molar-refractivity contribution in [2.75, 3.05) is 25.1 Å². The van der Waals surface area contributed by atoms with Crippen LogP contribution in [0.1, 0.15) is 12.0 Å². The van der Waals surface area contributed by atoms with Gasteiger partial charge in [-0.1, -0.05) is 53.8 Å². The first-order chi connectivity index (χ1) is 12.7. The zero-order valence-electron chi connectivity index (χ0n) is 14.4. The van der Waals surface area contributed by atoms with Gasteiger partial charge in [-0.3, -0.25) is 14.5 Å². The van der Waals surface area contributed by atoms with Crippen LogP contribution in [0.2, 0.25) is 5.02 Å². The lowest BCUT2D eigenvalue weighted by Gasteiger charge is -2.25. The first-order valence-corrected chi connectivity index (χ1v) is 11.6. The van der Waals surface area contributed by atoms with Crippen molar-refractivity contribution in [1.29, 1.82) is 0 Å². The monoisotopic (exact) mass is 444 g/mol. The Hall–Kier alpha value is -1.42. The number of sulfone groups is 1. The van der Waals surface area contributed by atoms with Gasteiger partial charge < -0.3 is 4.90 Å². The third-order valence-corrected chi connectivity index (χ3v) is 7.98. The highest BCUT2D eigenvalue weighted by molar-refractivity contribution is 8.26. The molecule has 0 radical (unpaired) electrons. The summed E-state index contributed by atoms with van der Waals surface area (Å²) in [7, 11) is -1.54. The third kappa shape index (κ3) is 4.53. The van der Waals surface area contributed by atoms with Crippen molar-refractivity contribution < 1.29 is 18.0 Å². The molecule has 1 atom stereocenters. The molecule has 0 spiro atoms. The van der Waals surface area contributed by atoms with Gasteiger partial charge in [0, 0.05) is 18.1 Å². The highest BCUT2D eigenvalue weighted by atomic mass is 35.5. The smallest absolute Gasteiger partial charge is 0.266 e. The standard InChI is InChI=1S/C17H17ClN2O4S3/c1-19(12-6-7-27(23,24)10-12)15(21)9-20-16(22)14(26-17(20)25)8-11-4-2-3-5-13(11)18/h2-5,8,12H,6-7,9-10H2,1H3/b14-8-. The molecular formula is C17H17ClN2O4S3. The minimum Gasteiger partial charge on any atom is -0.340 e. The van der Waals surface area contributed by atoms with Gasteiger partial charge in [-0.2, -0.15) is 0 Å². The Morgan fingerprint density at radius 3 is 2.78 bits per heavy atom. The van der Waals surface area contributed by atoms with Crippen molar-refractivity contribution in [2.24, 2.45) is 0 Å². The molecule has 0 aliphatic carbocycles. The summed E-state index contributed by atoms with van der Waals surface area (Å²) in [5.74, 6) is -0.658. The molecule has 6 nitrogen and oxygen atoms in total. The van der Waals surface area contributed by atoms with Crippen molar-refractivity contribution in [2.45, 2.75) is 12.5 Å². The van der Waals surface area contributed by atoms with Crippen LogP contribution in [0.25, 0.3) is 6.08 Å². The predicted octanol–water partition coefficient (Wildman–Crippen LogP) is 2.19. The number of thioether (sulfide) groups is 1. The largest absolute Gasteiger partial charge is 0.340 e. The van der Waals surface area contributed by atoms with E-state index in [0.717, 1.165) is 11.8 Å². The Morgan fingerprint density at radius 2 is 2.15 bits per heavy atom. The summed E-state index contributed by atoms with van der Waals surface area (Å²) in [6, 6.07) is 6.76. The molecule has 0 aromatic heterocycles. The molecule has 0 saturated carbocycles. The van der Waals surface area contributed by atoms with Crippen molar-refractivity contribution in [1.82, 2.24) is 9.80 Å². The fourth-order valence-electron chi connectivity index (χ4n) is 2.90. The van der Waals surface area contributed by atoms with Crippen LogP contribution in [0.4, 0.5) is 0 Å². The highest BCUT2D eigenvalue weighted by Gasteiger charge is 2.37. The second-order valence-corrected chi connectivity index (χ2v) is 10.7. The van der Waals surface area contributed by atoms with Gasteiger partial charge in [0.15, 0.2) is 9.84 Å². The van der Waals surface area contributed by atoms with Gasteiger partial charge in [-0.25, -0.2) is 8.42 Å². The van der Waals surface area contributed by atoms with E-state index in [0.29, 0.717) is 26.2 Å². The third-order valence-electron chi connectivity index (χ3n) is 4.51. The van der Waals surface area contributed by atoms with Crippen LogP contribution in [0.15, 0.2) is 29.2 Å². The van der Waals surface area contributed by atoms with Crippen LogP contribution in [0, 0.1) is 0 Å². The summed E-state index contributed by atoms with van der Waals surface area (Å²) in [5, 5.41) is 0.515. The second-order valence-electron chi connectivity index (χ2n) is 6.35. The SMILES string of the molecule is CN(C(=O)CN1C(=O)/C(=C/c2ccccc2Cl)SC1=S)C1CCS(=O)(=O)C1. The summed E-state index contributed by atoms with van der Waals surface area (Å²) < 4.78 is 23.5. The zero-order valence-corrected chi connectivity index (χ0v) is 17.6. The maximum Gasteiger partial charge on any atom is 0.266 e. The molecular weight excluding hydrogens is 428 g/mol. The van der Waals surface area contributed by atoms with Gasteiger partial charge in [0.05, 0.1) is 16.4 Å². The minimum atomic E-state index is -3.10.